The first kappa shape index (κ1) is 22.6. The van der Waals surface area contributed by atoms with Crippen LogP contribution in [0.3, 0.4) is 0 Å². The van der Waals surface area contributed by atoms with Crippen molar-refractivity contribution >= 4 is 29.1 Å². The molecular weight excluding hydrogens is 468 g/mol. The summed E-state index contributed by atoms with van der Waals surface area (Å²) in [6.07, 6.45) is -4.45. The minimum absolute atomic E-state index is 0.0931. The van der Waals surface area contributed by atoms with E-state index in [4.69, 9.17) is 27.7 Å². The molecular formula is C21H17Cl2F3N4O2. The summed E-state index contributed by atoms with van der Waals surface area (Å²) in [5, 5.41) is 4.36. The van der Waals surface area contributed by atoms with E-state index in [9.17, 15) is 18.0 Å². The Morgan fingerprint density at radius 3 is 2.50 bits per heavy atom. The van der Waals surface area contributed by atoms with Crippen LogP contribution in [-0.4, -0.2) is 52.0 Å². The average Bonchev–Trinajstić information content (AvgIpc) is 3.24. The summed E-state index contributed by atoms with van der Waals surface area (Å²) in [6.45, 7) is 2.38. The molecule has 0 spiro atoms. The second kappa shape index (κ2) is 9.09. The molecule has 1 fully saturated rings. The van der Waals surface area contributed by atoms with Crippen molar-refractivity contribution in [3.05, 3.63) is 69.5 Å². The molecule has 1 aliphatic heterocycles. The molecule has 1 amide bonds. The van der Waals surface area contributed by atoms with Crippen molar-refractivity contribution in [3.8, 4) is 11.4 Å². The van der Waals surface area contributed by atoms with Crippen LogP contribution in [0.2, 0.25) is 10.0 Å². The van der Waals surface area contributed by atoms with Crippen molar-refractivity contribution in [1.29, 1.82) is 0 Å². The van der Waals surface area contributed by atoms with Crippen molar-refractivity contribution in [2.24, 2.45) is 0 Å². The lowest BCUT2D eigenvalue weighted by molar-refractivity contribution is -0.137. The van der Waals surface area contributed by atoms with Gasteiger partial charge < -0.3 is 9.42 Å². The number of hydrogen-bond acceptors (Lipinski definition) is 5. The minimum atomic E-state index is -4.45. The topological polar surface area (TPSA) is 62.5 Å². The van der Waals surface area contributed by atoms with E-state index >= 15 is 0 Å². The Labute approximate surface area is 191 Å². The normalized spacial score (nSPS) is 15.2. The molecule has 0 aliphatic carbocycles. The predicted octanol–water partition coefficient (Wildman–Crippen LogP) is 5.02. The third kappa shape index (κ3) is 4.90. The minimum Gasteiger partial charge on any atom is -0.338 e. The maximum atomic E-state index is 12.9. The molecule has 4 rings (SSSR count). The number of amides is 1. The first-order valence-corrected chi connectivity index (χ1v) is 10.4. The lowest BCUT2D eigenvalue weighted by Gasteiger charge is -2.34. The molecule has 6 nitrogen and oxygen atoms in total. The van der Waals surface area contributed by atoms with Crippen LogP contribution in [0.1, 0.15) is 21.8 Å². The molecule has 0 N–H and O–H groups in total. The Balaban J connectivity index is 1.37. The van der Waals surface area contributed by atoms with E-state index in [1.54, 1.807) is 23.1 Å². The highest BCUT2D eigenvalue weighted by atomic mass is 35.5. The van der Waals surface area contributed by atoms with E-state index < -0.39 is 11.7 Å². The zero-order valence-electron chi connectivity index (χ0n) is 16.6. The van der Waals surface area contributed by atoms with Gasteiger partial charge >= 0.3 is 6.18 Å². The van der Waals surface area contributed by atoms with Crippen molar-refractivity contribution in [1.82, 2.24) is 19.9 Å². The van der Waals surface area contributed by atoms with Gasteiger partial charge in [0.05, 0.1) is 27.7 Å². The molecule has 0 radical (unpaired) electrons. The van der Waals surface area contributed by atoms with Gasteiger partial charge in [0.2, 0.25) is 11.7 Å². The molecule has 0 unspecified atom stereocenters. The lowest BCUT2D eigenvalue weighted by atomic mass is 10.1. The largest absolute Gasteiger partial charge is 0.416 e. The second-order valence-electron chi connectivity index (χ2n) is 7.26. The summed E-state index contributed by atoms with van der Waals surface area (Å²) >= 11 is 12.1. The van der Waals surface area contributed by atoms with E-state index in [0.717, 1.165) is 12.1 Å². The van der Waals surface area contributed by atoms with Gasteiger partial charge in [0.15, 0.2) is 0 Å². The van der Waals surface area contributed by atoms with Crippen LogP contribution in [0, 0.1) is 0 Å². The number of nitrogens with zero attached hydrogens (tertiary/aromatic N) is 4. The highest BCUT2D eigenvalue weighted by molar-refractivity contribution is 6.43. The third-order valence-corrected chi connectivity index (χ3v) is 5.94. The van der Waals surface area contributed by atoms with Crippen LogP contribution in [0.15, 0.2) is 47.0 Å². The van der Waals surface area contributed by atoms with Crippen molar-refractivity contribution in [2.45, 2.75) is 12.7 Å². The monoisotopic (exact) mass is 484 g/mol. The van der Waals surface area contributed by atoms with Gasteiger partial charge in [-0.05, 0) is 24.3 Å². The van der Waals surface area contributed by atoms with Crippen molar-refractivity contribution in [3.63, 3.8) is 0 Å². The molecule has 0 atom stereocenters. The van der Waals surface area contributed by atoms with Gasteiger partial charge in [0, 0.05) is 31.7 Å². The van der Waals surface area contributed by atoms with Gasteiger partial charge in [0.1, 0.15) is 0 Å². The predicted molar refractivity (Wildman–Crippen MR) is 112 cm³/mol. The molecule has 2 heterocycles. The van der Waals surface area contributed by atoms with E-state index in [0.29, 0.717) is 43.3 Å². The number of carbonyl (C=O) groups is 1. The summed E-state index contributed by atoms with van der Waals surface area (Å²) in [7, 11) is 0. The van der Waals surface area contributed by atoms with Crippen LogP contribution >= 0.6 is 23.2 Å². The number of carbonyl (C=O) groups excluding carboxylic acids is 1. The third-order valence-electron chi connectivity index (χ3n) is 5.12. The molecule has 1 aliphatic rings. The zero-order valence-corrected chi connectivity index (χ0v) is 18.1. The highest BCUT2D eigenvalue weighted by Crippen LogP contribution is 2.31. The van der Waals surface area contributed by atoms with Gasteiger partial charge in [-0.3, -0.25) is 9.69 Å². The van der Waals surface area contributed by atoms with E-state index in [-0.39, 0.29) is 28.2 Å². The van der Waals surface area contributed by atoms with Crippen LogP contribution in [0.25, 0.3) is 11.4 Å². The maximum Gasteiger partial charge on any atom is 0.416 e. The van der Waals surface area contributed by atoms with Gasteiger partial charge in [-0.15, -0.1) is 0 Å². The average molecular weight is 485 g/mol. The summed E-state index contributed by atoms with van der Waals surface area (Å²) < 4.78 is 44.0. The Kier molecular flexibility index (Phi) is 6.41. The fourth-order valence-corrected chi connectivity index (χ4v) is 3.79. The smallest absolute Gasteiger partial charge is 0.338 e. The Bertz CT molecular complexity index is 1130. The number of halogens is 5. The summed E-state index contributed by atoms with van der Waals surface area (Å²) in [4.78, 5) is 20.7. The maximum absolute atomic E-state index is 12.9. The van der Waals surface area contributed by atoms with Gasteiger partial charge in [-0.2, -0.15) is 18.2 Å². The van der Waals surface area contributed by atoms with Crippen LogP contribution < -0.4 is 0 Å². The summed E-state index contributed by atoms with van der Waals surface area (Å²) in [6, 6.07) is 9.70. The van der Waals surface area contributed by atoms with Gasteiger partial charge in [-0.1, -0.05) is 46.6 Å². The summed E-state index contributed by atoms with van der Waals surface area (Å²) in [5.74, 6) is 0.187. The molecule has 1 saturated heterocycles. The van der Waals surface area contributed by atoms with Crippen molar-refractivity contribution in [2.75, 3.05) is 26.2 Å². The number of piperazine rings is 1. The number of benzene rings is 2. The second-order valence-corrected chi connectivity index (χ2v) is 8.05. The Morgan fingerprint density at radius 1 is 1.06 bits per heavy atom. The fraction of sp³-hybridized carbons (Fsp3) is 0.286. The number of rotatable bonds is 4. The van der Waals surface area contributed by atoms with Crippen LogP contribution in [0.4, 0.5) is 13.2 Å². The summed E-state index contributed by atoms with van der Waals surface area (Å²) in [5.41, 5.74) is -0.194. The van der Waals surface area contributed by atoms with E-state index in [2.05, 4.69) is 10.1 Å². The number of aromatic nitrogens is 2. The van der Waals surface area contributed by atoms with E-state index in [1.807, 2.05) is 4.90 Å². The SMILES string of the molecule is O=C(c1cccc(Cl)c1Cl)N1CCN(Cc2nc(-c3cccc(C(F)(F)F)c3)no2)CC1. The molecule has 11 heteroatoms. The highest BCUT2D eigenvalue weighted by Gasteiger charge is 2.31. The lowest BCUT2D eigenvalue weighted by Crippen LogP contribution is -2.48. The molecule has 1 aromatic heterocycles. The molecule has 32 heavy (non-hydrogen) atoms. The number of hydrogen-bond donors (Lipinski definition) is 0. The standard InChI is InChI=1S/C21H17Cl2F3N4O2/c22-16-6-2-5-15(18(16)23)20(31)30-9-7-29(8-10-30)12-17-27-19(28-32-17)13-3-1-4-14(11-13)21(24,25)26/h1-6,11H,7-10,12H2. The van der Waals surface area contributed by atoms with Gasteiger partial charge in [0.25, 0.3) is 5.91 Å². The molecule has 168 valence electrons. The molecule has 0 bridgehead atoms. The van der Waals surface area contributed by atoms with Gasteiger partial charge in [-0.25, -0.2) is 0 Å². The zero-order chi connectivity index (χ0) is 22.9. The fourth-order valence-electron chi connectivity index (χ4n) is 3.41. The van der Waals surface area contributed by atoms with E-state index in [1.165, 1.54) is 12.1 Å². The first-order valence-electron chi connectivity index (χ1n) is 9.68. The Morgan fingerprint density at radius 2 is 1.78 bits per heavy atom. The molecule has 0 saturated carbocycles. The number of alkyl halides is 3. The molecule has 3 aromatic rings. The first-order chi connectivity index (χ1) is 15.2. The quantitative estimate of drug-likeness (QED) is 0.520. The van der Waals surface area contributed by atoms with Crippen LogP contribution in [0.5, 0.6) is 0 Å². The Hall–Kier alpha value is -2.62. The molecule has 2 aromatic carbocycles. The van der Waals surface area contributed by atoms with Crippen LogP contribution in [-0.2, 0) is 12.7 Å². The van der Waals surface area contributed by atoms with Crippen molar-refractivity contribution < 1.29 is 22.5 Å².